The Balaban J connectivity index is -0.0000000800. The summed E-state index contributed by atoms with van der Waals surface area (Å²) in [5.74, 6) is 0. The third-order valence-corrected chi connectivity index (χ3v) is 0. The molecule has 0 fully saturated rings. The third kappa shape index (κ3) is 140. The van der Waals surface area contributed by atoms with E-state index in [1.807, 2.05) is 0 Å². The van der Waals surface area contributed by atoms with Crippen molar-refractivity contribution in [3.05, 3.63) is 0 Å². The van der Waals surface area contributed by atoms with Crippen LogP contribution in [0.2, 0.25) is 0 Å². The second kappa shape index (κ2) is 5.31. The van der Waals surface area contributed by atoms with Crippen molar-refractivity contribution in [1.82, 2.24) is 0 Å². The zero-order valence-electron chi connectivity index (χ0n) is 3.23. The topological polar surface area (TPSA) is 74.6 Å². The Kier molecular flexibility index (Phi) is 11.9. The number of hydrogen-bond donors (Lipinski definition) is 2. The molecule has 0 rings (SSSR count). The van der Waals surface area contributed by atoms with Gasteiger partial charge in [-0.25, -0.2) is 0 Å². The fourth-order valence-electron chi connectivity index (χ4n) is 0. The predicted molar refractivity (Wildman–Crippen MR) is 16.9 cm³/mol. The van der Waals surface area contributed by atoms with Crippen LogP contribution in [-0.2, 0) is 42.3 Å². The van der Waals surface area contributed by atoms with Crippen LogP contribution in [0.5, 0.6) is 0 Å². The van der Waals surface area contributed by atoms with E-state index in [0.29, 0.717) is 0 Å². The summed E-state index contributed by atoms with van der Waals surface area (Å²) < 4.78 is 31.9. The van der Waals surface area contributed by atoms with Gasteiger partial charge in [-0.15, -0.1) is 0 Å². The summed E-state index contributed by atoms with van der Waals surface area (Å²) in [7, 11) is 0. The van der Waals surface area contributed by atoms with Gasteiger partial charge in [0.05, 0.1) is 0 Å². The predicted octanol–water partition coefficient (Wildman–Crippen LogP) is -1.30. The SMILES string of the molecule is P.[Mo].[O]=[Cr](=[O])([OH])[OH]. The molecule has 0 aromatic heterocycles. The van der Waals surface area contributed by atoms with E-state index in [-0.39, 0.29) is 31.0 Å². The molecule has 0 amide bonds. The van der Waals surface area contributed by atoms with E-state index in [4.69, 9.17) is 15.9 Å². The Hall–Kier alpha value is 1.17. The van der Waals surface area contributed by atoms with Gasteiger partial charge in [0.15, 0.2) is 0 Å². The summed E-state index contributed by atoms with van der Waals surface area (Å²) in [6, 6.07) is 0. The van der Waals surface area contributed by atoms with Crippen LogP contribution in [0.15, 0.2) is 0 Å². The van der Waals surface area contributed by atoms with Gasteiger partial charge in [-0.1, -0.05) is 0 Å². The van der Waals surface area contributed by atoms with E-state index >= 15 is 0 Å². The zero-order chi connectivity index (χ0) is 4.50. The molecule has 1 unspecified atom stereocenters. The van der Waals surface area contributed by atoms with Crippen LogP contribution < -0.4 is 0 Å². The van der Waals surface area contributed by atoms with Crippen molar-refractivity contribution >= 4 is 9.90 Å². The van der Waals surface area contributed by atoms with Crippen LogP contribution in [0.1, 0.15) is 0 Å². The molecule has 7 heteroatoms. The van der Waals surface area contributed by atoms with E-state index in [1.54, 1.807) is 0 Å². The molecular formula is H5CrMoO4P. The second-order valence-electron chi connectivity index (χ2n) is 0.448. The molecular weight excluding hydrogens is 243 g/mol. The summed E-state index contributed by atoms with van der Waals surface area (Å²) in [4.78, 5) is 0. The Bertz CT molecular complexity index is 94.9. The Labute approximate surface area is 60.6 Å². The van der Waals surface area contributed by atoms with Crippen molar-refractivity contribution in [3.63, 3.8) is 0 Å². The summed E-state index contributed by atoms with van der Waals surface area (Å²) >= 11 is -5.25. The molecule has 0 saturated carbocycles. The fraction of sp³-hybridized carbons (Fsp3) is 0. The average molecular weight is 248 g/mol. The summed E-state index contributed by atoms with van der Waals surface area (Å²) in [6.45, 7) is 0. The van der Waals surface area contributed by atoms with Crippen LogP contribution in [-0.4, -0.2) is 8.32 Å². The van der Waals surface area contributed by atoms with Crippen LogP contribution in [0.4, 0.5) is 0 Å². The normalized spacial score (nSPS) is 8.29. The van der Waals surface area contributed by atoms with Crippen LogP contribution in [0.3, 0.4) is 0 Å². The average Bonchev–Trinajstić information content (AvgIpc) is 0.722. The van der Waals surface area contributed by atoms with E-state index in [1.165, 1.54) is 0 Å². The van der Waals surface area contributed by atoms with Gasteiger partial charge in [-0.2, -0.15) is 9.90 Å². The Morgan fingerprint density at radius 2 is 1.14 bits per heavy atom. The molecule has 0 bridgehead atoms. The minimum absolute atomic E-state index is 0. The van der Waals surface area contributed by atoms with Crippen molar-refractivity contribution < 1.29 is 50.6 Å². The molecule has 46 valence electrons. The molecule has 0 spiro atoms. The van der Waals surface area contributed by atoms with Crippen molar-refractivity contribution in [3.8, 4) is 0 Å². The standard InChI is InChI=1S/Cr.Mo.2H2O.2O.H3P/h;;2*1H2;;;1H3/q+2;;;;;;/p-2. The molecule has 0 heterocycles. The Morgan fingerprint density at radius 1 is 1.14 bits per heavy atom. The molecule has 7 heavy (non-hydrogen) atoms. The molecule has 0 aromatic carbocycles. The third-order valence-electron chi connectivity index (χ3n) is 0. The summed E-state index contributed by atoms with van der Waals surface area (Å²) in [5.41, 5.74) is 0. The minimum atomic E-state index is -5.25. The van der Waals surface area contributed by atoms with Crippen molar-refractivity contribution in [2.45, 2.75) is 0 Å². The molecule has 0 aliphatic carbocycles. The van der Waals surface area contributed by atoms with Gasteiger partial charge < -0.3 is 0 Å². The first-order valence-electron chi connectivity index (χ1n) is 0.698. The van der Waals surface area contributed by atoms with Gasteiger partial charge in [0.2, 0.25) is 0 Å². The fourth-order valence-corrected chi connectivity index (χ4v) is 0. The number of hydrogen-bond acceptors (Lipinski definition) is 2. The van der Waals surface area contributed by atoms with Crippen molar-refractivity contribution in [2.24, 2.45) is 0 Å². The first-order valence-corrected chi connectivity index (χ1v) is 2.88. The monoisotopic (exact) mass is 250 g/mol. The van der Waals surface area contributed by atoms with E-state index in [0.717, 1.165) is 0 Å². The van der Waals surface area contributed by atoms with Crippen LogP contribution >= 0.6 is 9.90 Å². The molecule has 0 radical (unpaired) electrons. The molecule has 0 saturated heterocycles. The first kappa shape index (κ1) is 15.7. The maximum atomic E-state index is 8.82. The number of rotatable bonds is 0. The molecule has 4 nitrogen and oxygen atoms in total. The van der Waals surface area contributed by atoms with Gasteiger partial charge in [0, 0.05) is 21.1 Å². The van der Waals surface area contributed by atoms with Crippen molar-refractivity contribution in [2.75, 3.05) is 0 Å². The van der Waals surface area contributed by atoms with Gasteiger partial charge in [0.1, 0.15) is 0 Å². The van der Waals surface area contributed by atoms with Gasteiger partial charge in [-0.05, 0) is 0 Å². The molecule has 1 atom stereocenters. The Morgan fingerprint density at radius 3 is 1.14 bits per heavy atom. The first-order chi connectivity index (χ1) is 2.00. The van der Waals surface area contributed by atoms with Gasteiger partial charge in [0.25, 0.3) is 0 Å². The quantitative estimate of drug-likeness (QED) is 0.412. The second-order valence-corrected chi connectivity index (χ2v) is 1.85. The maximum absolute atomic E-state index is 8.82. The summed E-state index contributed by atoms with van der Waals surface area (Å²) in [6.07, 6.45) is 0. The van der Waals surface area contributed by atoms with Crippen molar-refractivity contribution in [1.29, 1.82) is 0 Å². The zero-order valence-corrected chi connectivity index (χ0v) is 7.93. The van der Waals surface area contributed by atoms with E-state index < -0.39 is 13.6 Å². The molecule has 0 aliphatic heterocycles. The van der Waals surface area contributed by atoms with E-state index in [2.05, 4.69) is 0 Å². The molecule has 0 aromatic rings. The van der Waals surface area contributed by atoms with Gasteiger partial charge >= 0.3 is 29.5 Å². The molecule has 0 aliphatic rings. The van der Waals surface area contributed by atoms with Gasteiger partial charge in [-0.3, -0.25) is 0 Å². The van der Waals surface area contributed by atoms with Crippen LogP contribution in [0, 0.1) is 0 Å². The van der Waals surface area contributed by atoms with E-state index in [9.17, 15) is 0 Å². The molecule has 2 N–H and O–H groups in total. The summed E-state index contributed by atoms with van der Waals surface area (Å²) in [5, 5.41) is 0. The van der Waals surface area contributed by atoms with Crippen LogP contribution in [0.25, 0.3) is 0 Å².